The van der Waals surface area contributed by atoms with Crippen LogP contribution < -0.4 is 0 Å². The van der Waals surface area contributed by atoms with Gasteiger partial charge in [0.05, 0.1) is 12.8 Å². The van der Waals surface area contributed by atoms with E-state index in [0.29, 0.717) is 11.8 Å². The zero-order valence-electron chi connectivity index (χ0n) is 16.4. The Hall–Kier alpha value is -1.06. The summed E-state index contributed by atoms with van der Waals surface area (Å²) >= 11 is 0. The van der Waals surface area contributed by atoms with Gasteiger partial charge in [-0.15, -0.1) is 0 Å². The lowest BCUT2D eigenvalue weighted by molar-refractivity contribution is -0.177. The molecule has 28 heavy (non-hydrogen) atoms. The van der Waals surface area contributed by atoms with E-state index in [1.807, 2.05) is 0 Å². The maximum Gasteiger partial charge on any atom is 0.306 e. The third-order valence-corrected chi connectivity index (χ3v) is 11.4. The normalized spacial score (nSPS) is 64.7. The van der Waals surface area contributed by atoms with E-state index in [9.17, 15) is 9.59 Å². The first-order valence-corrected chi connectivity index (χ1v) is 12.1. The molecule has 7 saturated carbocycles. The molecular formula is C24H30O4. The highest BCUT2D eigenvalue weighted by molar-refractivity contribution is 5.78. The Bertz CT molecular complexity index is 713. The average molecular weight is 383 g/mol. The van der Waals surface area contributed by atoms with Gasteiger partial charge in [-0.05, 0) is 97.7 Å². The Labute approximate surface area is 166 Å². The fourth-order valence-electron chi connectivity index (χ4n) is 11.3. The van der Waals surface area contributed by atoms with Crippen LogP contribution in [0.3, 0.4) is 0 Å². The SMILES string of the molecule is O=C1CCC(=O)OC2CCC3C4CC(C23)C2C4C3C4CC(C5C(CCC45)O1)C32. The lowest BCUT2D eigenvalue weighted by Gasteiger charge is -2.61. The van der Waals surface area contributed by atoms with E-state index in [-0.39, 0.29) is 37.0 Å². The Balaban J connectivity index is 1.20. The van der Waals surface area contributed by atoms with Gasteiger partial charge in [0, 0.05) is 11.8 Å². The van der Waals surface area contributed by atoms with Crippen LogP contribution in [0.2, 0.25) is 0 Å². The van der Waals surface area contributed by atoms with Crippen molar-refractivity contribution in [3.63, 3.8) is 0 Å². The predicted octanol–water partition coefficient (Wildman–Crippen LogP) is 3.43. The Kier molecular flexibility index (Phi) is 2.80. The molecule has 0 N–H and O–H groups in total. The second-order valence-electron chi connectivity index (χ2n) is 11.6. The van der Waals surface area contributed by atoms with Crippen molar-refractivity contribution in [2.75, 3.05) is 0 Å². The summed E-state index contributed by atoms with van der Waals surface area (Å²) in [5, 5.41) is 0. The first-order chi connectivity index (χ1) is 13.7. The number of esters is 2. The molecule has 8 aliphatic rings. The van der Waals surface area contributed by atoms with Gasteiger partial charge in [0.15, 0.2) is 0 Å². The smallest absolute Gasteiger partial charge is 0.306 e. The van der Waals surface area contributed by atoms with Crippen LogP contribution in [0, 0.1) is 71.0 Å². The minimum Gasteiger partial charge on any atom is -0.462 e. The quantitative estimate of drug-likeness (QED) is 0.602. The number of hydrogen-bond acceptors (Lipinski definition) is 4. The molecule has 8 fully saturated rings. The summed E-state index contributed by atoms with van der Waals surface area (Å²) in [7, 11) is 0. The maximum atomic E-state index is 12.5. The summed E-state index contributed by atoms with van der Waals surface area (Å²) in [6.45, 7) is 0. The van der Waals surface area contributed by atoms with Crippen molar-refractivity contribution in [3.8, 4) is 0 Å². The van der Waals surface area contributed by atoms with Gasteiger partial charge in [-0.1, -0.05) is 0 Å². The molecule has 14 unspecified atom stereocenters. The van der Waals surface area contributed by atoms with Crippen LogP contribution in [-0.4, -0.2) is 24.1 Å². The van der Waals surface area contributed by atoms with E-state index >= 15 is 0 Å². The average Bonchev–Trinajstić information content (AvgIpc) is 3.43. The molecule has 4 nitrogen and oxygen atoms in total. The van der Waals surface area contributed by atoms with Gasteiger partial charge in [-0.3, -0.25) is 9.59 Å². The Morgan fingerprint density at radius 3 is 1.39 bits per heavy atom. The number of hydrogen-bond donors (Lipinski definition) is 0. The molecule has 1 saturated heterocycles. The van der Waals surface area contributed by atoms with Crippen molar-refractivity contribution in [1.29, 1.82) is 0 Å². The summed E-state index contributed by atoms with van der Waals surface area (Å²) in [5.74, 6) is 9.93. The molecule has 0 amide bonds. The van der Waals surface area contributed by atoms with Crippen molar-refractivity contribution in [2.24, 2.45) is 71.0 Å². The molecule has 14 atom stereocenters. The fraction of sp³-hybridized carbons (Fsp3) is 0.917. The number of rotatable bonds is 0. The number of carbonyl (C=O) groups excluding carboxylic acids is 2. The monoisotopic (exact) mass is 382 g/mol. The largest absolute Gasteiger partial charge is 0.462 e. The standard InChI is InChI=1S/C24H30O4/c25-17-5-6-18(26)28-16-4-2-10-12-8-14(20(10)16)24-22(12)21-11-7-13(23(21)24)19-9(11)1-3-15(19)27-17/h9-16,19-24H,1-8H2. The summed E-state index contributed by atoms with van der Waals surface area (Å²) in [5.41, 5.74) is 0. The molecule has 0 aromatic heterocycles. The highest BCUT2D eigenvalue weighted by Gasteiger charge is 2.78. The van der Waals surface area contributed by atoms with E-state index in [1.54, 1.807) is 0 Å². The van der Waals surface area contributed by atoms with Crippen molar-refractivity contribution in [1.82, 2.24) is 0 Å². The van der Waals surface area contributed by atoms with Crippen LogP contribution in [0.1, 0.15) is 51.4 Å². The molecule has 7 aliphatic carbocycles. The highest BCUT2D eigenvalue weighted by Crippen LogP contribution is 2.81. The molecular weight excluding hydrogens is 352 g/mol. The molecule has 0 radical (unpaired) electrons. The van der Waals surface area contributed by atoms with Crippen LogP contribution in [-0.2, 0) is 19.1 Å². The van der Waals surface area contributed by atoms with Crippen LogP contribution in [0.4, 0.5) is 0 Å². The van der Waals surface area contributed by atoms with Gasteiger partial charge < -0.3 is 9.47 Å². The third kappa shape index (κ3) is 1.62. The first kappa shape index (κ1) is 15.7. The predicted molar refractivity (Wildman–Crippen MR) is 98.6 cm³/mol. The molecule has 4 bridgehead atoms. The first-order valence-electron chi connectivity index (χ1n) is 12.1. The van der Waals surface area contributed by atoms with Gasteiger partial charge in [0.2, 0.25) is 0 Å². The van der Waals surface area contributed by atoms with E-state index in [2.05, 4.69) is 0 Å². The molecule has 8 rings (SSSR count). The molecule has 1 heterocycles. The van der Waals surface area contributed by atoms with Crippen LogP contribution in [0.15, 0.2) is 0 Å². The molecule has 150 valence electrons. The van der Waals surface area contributed by atoms with Crippen molar-refractivity contribution < 1.29 is 19.1 Å². The number of carbonyl (C=O) groups is 2. The van der Waals surface area contributed by atoms with Gasteiger partial charge in [-0.25, -0.2) is 0 Å². The van der Waals surface area contributed by atoms with Gasteiger partial charge in [-0.2, -0.15) is 0 Å². The topological polar surface area (TPSA) is 52.6 Å². The van der Waals surface area contributed by atoms with Gasteiger partial charge in [0.1, 0.15) is 12.2 Å². The third-order valence-electron chi connectivity index (χ3n) is 11.4. The van der Waals surface area contributed by atoms with E-state index in [4.69, 9.17) is 9.47 Å². The van der Waals surface area contributed by atoms with E-state index in [1.165, 1.54) is 25.7 Å². The minimum atomic E-state index is -0.169. The van der Waals surface area contributed by atoms with Crippen LogP contribution >= 0.6 is 0 Å². The van der Waals surface area contributed by atoms with E-state index in [0.717, 1.165) is 72.0 Å². The van der Waals surface area contributed by atoms with Crippen molar-refractivity contribution in [2.45, 2.75) is 63.6 Å². The second kappa shape index (κ2) is 4.98. The fourth-order valence-corrected chi connectivity index (χ4v) is 11.3. The highest BCUT2D eigenvalue weighted by atomic mass is 16.6. The molecule has 0 spiro atoms. The molecule has 1 aliphatic heterocycles. The zero-order chi connectivity index (χ0) is 18.3. The maximum absolute atomic E-state index is 12.5. The Morgan fingerprint density at radius 2 is 0.929 bits per heavy atom. The zero-order valence-corrected chi connectivity index (χ0v) is 16.4. The van der Waals surface area contributed by atoms with E-state index < -0.39 is 0 Å². The van der Waals surface area contributed by atoms with Crippen molar-refractivity contribution >= 4 is 11.9 Å². The summed E-state index contributed by atoms with van der Waals surface area (Å²) in [4.78, 5) is 24.9. The summed E-state index contributed by atoms with van der Waals surface area (Å²) < 4.78 is 12.0. The van der Waals surface area contributed by atoms with Crippen LogP contribution in [0.25, 0.3) is 0 Å². The summed E-state index contributed by atoms with van der Waals surface area (Å²) in [6, 6.07) is 0. The Morgan fingerprint density at radius 1 is 0.500 bits per heavy atom. The van der Waals surface area contributed by atoms with Gasteiger partial charge in [0.25, 0.3) is 0 Å². The number of ether oxygens (including phenoxy) is 2. The minimum absolute atomic E-state index is 0.136. The lowest BCUT2D eigenvalue weighted by Crippen LogP contribution is -2.59. The second-order valence-corrected chi connectivity index (χ2v) is 11.6. The van der Waals surface area contributed by atoms with Crippen LogP contribution in [0.5, 0.6) is 0 Å². The molecule has 0 aromatic rings. The lowest BCUT2D eigenvalue weighted by atomic mass is 9.43. The van der Waals surface area contributed by atoms with Crippen molar-refractivity contribution in [3.05, 3.63) is 0 Å². The van der Waals surface area contributed by atoms with Gasteiger partial charge >= 0.3 is 11.9 Å². The number of fused-ring (bicyclic) bond motifs is 7. The molecule has 0 aromatic carbocycles. The summed E-state index contributed by atoms with van der Waals surface area (Å²) in [6.07, 6.45) is 8.20. The molecule has 4 heteroatoms.